The number of aromatic nitrogens is 3. The molecule has 0 unspecified atom stereocenters. The van der Waals surface area contributed by atoms with Gasteiger partial charge in [0, 0.05) is 17.1 Å². The number of nitrogens with one attached hydrogen (secondary N) is 2. The predicted molar refractivity (Wildman–Crippen MR) is 150 cm³/mol. The van der Waals surface area contributed by atoms with Crippen molar-refractivity contribution in [2.75, 3.05) is 24.4 Å². The van der Waals surface area contributed by atoms with Gasteiger partial charge in [0.2, 0.25) is 11.1 Å². The van der Waals surface area contributed by atoms with Gasteiger partial charge in [0.1, 0.15) is 17.5 Å². The van der Waals surface area contributed by atoms with Gasteiger partial charge in [-0.2, -0.15) is 4.98 Å². The smallest absolute Gasteiger partial charge is 0.255 e. The van der Waals surface area contributed by atoms with Crippen LogP contribution in [0.25, 0.3) is 0 Å². The number of rotatable bonds is 9. The van der Waals surface area contributed by atoms with E-state index in [1.54, 1.807) is 23.6 Å². The second kappa shape index (κ2) is 11.4. The molecule has 194 valence electrons. The fraction of sp³-hybridized carbons (Fsp3) is 0.207. The molecule has 5 rings (SSSR count). The lowest BCUT2D eigenvalue weighted by Crippen LogP contribution is -2.31. The Hall–Kier alpha value is -4.24. The molecule has 0 fully saturated rings. The highest BCUT2D eigenvalue weighted by atomic mass is 32.2. The molecule has 9 heteroatoms. The summed E-state index contributed by atoms with van der Waals surface area (Å²) in [4.78, 5) is 18.4. The van der Waals surface area contributed by atoms with Crippen molar-refractivity contribution in [3.05, 3.63) is 101 Å². The third-order valence-electron chi connectivity index (χ3n) is 6.14. The number of anilines is 2. The van der Waals surface area contributed by atoms with Crippen molar-refractivity contribution in [1.29, 1.82) is 0 Å². The standard InChI is InChI=1S/C29H29N5O3S/c1-4-37-24-14-10-21(11-15-24)26-25(27(35)31-22-12-16-23(36-3)17-13-22)19(2)30-28-32-29(33-34(26)28)38-18-20-8-6-5-7-9-20/h5-17,26H,4,18H2,1-3H3,(H,31,35)(H,30,32,33)/t26-/m1/s1. The van der Waals surface area contributed by atoms with E-state index < -0.39 is 6.04 Å². The van der Waals surface area contributed by atoms with Crippen molar-refractivity contribution < 1.29 is 14.3 Å². The number of benzene rings is 3. The molecule has 0 bridgehead atoms. The van der Waals surface area contributed by atoms with Gasteiger partial charge in [-0.1, -0.05) is 54.2 Å². The van der Waals surface area contributed by atoms with Gasteiger partial charge in [-0.15, -0.1) is 5.10 Å². The molecule has 1 atom stereocenters. The van der Waals surface area contributed by atoms with E-state index in [1.165, 1.54) is 5.56 Å². The molecule has 0 aliphatic carbocycles. The number of methoxy groups -OCH3 is 1. The number of hydrogen-bond acceptors (Lipinski definition) is 7. The van der Waals surface area contributed by atoms with E-state index in [4.69, 9.17) is 19.6 Å². The Morgan fingerprint density at radius 1 is 1.03 bits per heavy atom. The van der Waals surface area contributed by atoms with Crippen LogP contribution in [0.2, 0.25) is 0 Å². The van der Waals surface area contributed by atoms with Crippen LogP contribution in [0.3, 0.4) is 0 Å². The molecule has 8 nitrogen and oxygen atoms in total. The zero-order chi connectivity index (χ0) is 26.5. The fourth-order valence-electron chi connectivity index (χ4n) is 4.30. The van der Waals surface area contributed by atoms with Crippen molar-refractivity contribution in [3.63, 3.8) is 0 Å². The number of nitrogens with zero attached hydrogens (tertiary/aromatic N) is 3. The molecular formula is C29H29N5O3S. The summed E-state index contributed by atoms with van der Waals surface area (Å²) in [5.74, 6) is 2.61. The molecule has 1 aromatic heterocycles. The lowest BCUT2D eigenvalue weighted by molar-refractivity contribution is -0.113. The first-order valence-electron chi connectivity index (χ1n) is 12.3. The summed E-state index contributed by atoms with van der Waals surface area (Å²) in [6, 6.07) is 24.7. The largest absolute Gasteiger partial charge is 0.497 e. The predicted octanol–water partition coefficient (Wildman–Crippen LogP) is 5.91. The molecule has 0 saturated heterocycles. The maximum Gasteiger partial charge on any atom is 0.255 e. The van der Waals surface area contributed by atoms with Crippen LogP contribution in [-0.4, -0.2) is 34.4 Å². The van der Waals surface area contributed by atoms with E-state index in [-0.39, 0.29) is 5.91 Å². The summed E-state index contributed by atoms with van der Waals surface area (Å²) in [5.41, 5.74) is 4.04. The molecular weight excluding hydrogens is 498 g/mol. The van der Waals surface area contributed by atoms with Gasteiger partial charge in [0.05, 0.1) is 19.3 Å². The number of hydrogen-bond donors (Lipinski definition) is 2. The van der Waals surface area contributed by atoms with Gasteiger partial charge in [0.15, 0.2) is 0 Å². The lowest BCUT2D eigenvalue weighted by atomic mass is 9.95. The van der Waals surface area contributed by atoms with Crippen molar-refractivity contribution in [2.45, 2.75) is 30.8 Å². The fourth-order valence-corrected chi connectivity index (χ4v) is 5.09. The van der Waals surface area contributed by atoms with Gasteiger partial charge in [-0.25, -0.2) is 4.68 Å². The zero-order valence-electron chi connectivity index (χ0n) is 21.5. The van der Waals surface area contributed by atoms with Crippen LogP contribution in [0, 0.1) is 0 Å². The molecule has 0 saturated carbocycles. The summed E-state index contributed by atoms with van der Waals surface area (Å²) < 4.78 is 12.7. The Balaban J connectivity index is 1.47. The average Bonchev–Trinajstić information content (AvgIpc) is 3.35. The molecule has 0 radical (unpaired) electrons. The highest BCUT2D eigenvalue weighted by molar-refractivity contribution is 7.98. The molecule has 4 aromatic rings. The summed E-state index contributed by atoms with van der Waals surface area (Å²) in [6.07, 6.45) is 0. The average molecular weight is 528 g/mol. The number of amides is 1. The van der Waals surface area contributed by atoms with Crippen molar-refractivity contribution in [2.24, 2.45) is 0 Å². The molecule has 2 N–H and O–H groups in total. The monoisotopic (exact) mass is 527 g/mol. The second-order valence-electron chi connectivity index (χ2n) is 8.69. The summed E-state index contributed by atoms with van der Waals surface area (Å²) >= 11 is 1.56. The molecule has 1 aliphatic rings. The number of carbonyl (C=O) groups excluding carboxylic acids is 1. The van der Waals surface area contributed by atoms with Crippen LogP contribution in [0.5, 0.6) is 11.5 Å². The van der Waals surface area contributed by atoms with Crippen molar-refractivity contribution in [1.82, 2.24) is 14.8 Å². The summed E-state index contributed by atoms with van der Waals surface area (Å²) in [7, 11) is 1.61. The first-order chi connectivity index (χ1) is 18.6. The van der Waals surface area contributed by atoms with Gasteiger partial charge in [-0.3, -0.25) is 4.79 Å². The SMILES string of the molecule is CCOc1ccc([C@@H]2C(C(=O)Nc3ccc(OC)cc3)=C(C)Nc3nc(SCc4ccccc4)nn32)cc1. The quantitative estimate of drug-likeness (QED) is 0.262. The Morgan fingerprint density at radius 3 is 2.42 bits per heavy atom. The number of fused-ring (bicyclic) bond motifs is 1. The molecule has 0 spiro atoms. The van der Waals surface area contributed by atoms with E-state index in [9.17, 15) is 4.79 Å². The normalized spacial score (nSPS) is 14.4. The third-order valence-corrected chi connectivity index (χ3v) is 7.05. The van der Waals surface area contributed by atoms with Crippen molar-refractivity contribution in [3.8, 4) is 11.5 Å². The van der Waals surface area contributed by atoms with Crippen LogP contribution in [0.4, 0.5) is 11.6 Å². The number of ether oxygens (including phenoxy) is 2. The minimum atomic E-state index is -0.473. The molecule has 1 aliphatic heterocycles. The number of allylic oxidation sites excluding steroid dienone is 1. The van der Waals surface area contributed by atoms with Gasteiger partial charge >= 0.3 is 0 Å². The van der Waals surface area contributed by atoms with Crippen LogP contribution >= 0.6 is 11.8 Å². The Bertz CT molecular complexity index is 1430. The second-order valence-corrected chi connectivity index (χ2v) is 9.63. The topological polar surface area (TPSA) is 90.3 Å². The van der Waals surface area contributed by atoms with Crippen LogP contribution in [0.1, 0.15) is 31.0 Å². The van der Waals surface area contributed by atoms with Crippen molar-refractivity contribution >= 4 is 29.3 Å². The van der Waals surface area contributed by atoms with Gasteiger partial charge in [0.25, 0.3) is 5.91 Å². The first kappa shape index (κ1) is 25.4. The van der Waals surface area contributed by atoms with Gasteiger partial charge in [-0.05, 0) is 61.4 Å². The van der Waals surface area contributed by atoms with E-state index in [0.29, 0.717) is 29.0 Å². The van der Waals surface area contributed by atoms with Crippen LogP contribution in [-0.2, 0) is 10.5 Å². The van der Waals surface area contributed by atoms with E-state index in [1.807, 2.05) is 80.6 Å². The number of thioether (sulfide) groups is 1. The van der Waals surface area contributed by atoms with Gasteiger partial charge < -0.3 is 20.1 Å². The first-order valence-corrected chi connectivity index (χ1v) is 13.3. The van der Waals surface area contributed by atoms with Crippen LogP contribution in [0.15, 0.2) is 95.3 Å². The number of carbonyl (C=O) groups is 1. The van der Waals surface area contributed by atoms with E-state index in [0.717, 1.165) is 28.5 Å². The lowest BCUT2D eigenvalue weighted by Gasteiger charge is -2.28. The minimum absolute atomic E-state index is 0.223. The Morgan fingerprint density at radius 2 is 1.74 bits per heavy atom. The Labute approximate surface area is 226 Å². The molecule has 2 heterocycles. The zero-order valence-corrected chi connectivity index (χ0v) is 22.3. The summed E-state index contributed by atoms with van der Waals surface area (Å²) in [5, 5.41) is 11.8. The third kappa shape index (κ3) is 5.52. The maximum atomic E-state index is 13.7. The molecule has 38 heavy (non-hydrogen) atoms. The van der Waals surface area contributed by atoms with E-state index in [2.05, 4.69) is 22.8 Å². The van der Waals surface area contributed by atoms with E-state index >= 15 is 0 Å². The Kier molecular flexibility index (Phi) is 7.65. The molecule has 3 aromatic carbocycles. The highest BCUT2D eigenvalue weighted by Gasteiger charge is 2.34. The highest BCUT2D eigenvalue weighted by Crippen LogP contribution is 2.37. The summed E-state index contributed by atoms with van der Waals surface area (Å²) in [6.45, 7) is 4.42. The van der Waals surface area contributed by atoms with Crippen LogP contribution < -0.4 is 20.1 Å². The maximum absolute atomic E-state index is 13.7. The molecule has 1 amide bonds. The minimum Gasteiger partial charge on any atom is -0.497 e.